The van der Waals surface area contributed by atoms with Crippen LogP contribution in [0.3, 0.4) is 0 Å². The number of hydrogen-bond acceptors (Lipinski definition) is 2. The quantitative estimate of drug-likeness (QED) is 0.467. The van der Waals surface area contributed by atoms with Gasteiger partial charge < -0.3 is 4.74 Å². The van der Waals surface area contributed by atoms with Crippen molar-refractivity contribution in [2.45, 2.75) is 40.0 Å². The summed E-state index contributed by atoms with van der Waals surface area (Å²) in [5, 5.41) is 0. The fourth-order valence-corrected chi connectivity index (χ4v) is 0.995. The second kappa shape index (κ2) is 6.70. The monoisotopic (exact) mass is 183 g/mol. The lowest BCUT2D eigenvalue weighted by molar-refractivity contribution is -0.138. The van der Waals surface area contributed by atoms with Crippen LogP contribution in [0.1, 0.15) is 40.0 Å². The van der Waals surface area contributed by atoms with Gasteiger partial charge in [0.1, 0.15) is 0 Å². The van der Waals surface area contributed by atoms with E-state index in [-0.39, 0.29) is 5.97 Å². The molecule has 0 aromatic rings. The second-order valence-corrected chi connectivity index (χ2v) is 3.21. The average molecular weight is 183 g/mol. The molecule has 0 fully saturated rings. The van der Waals surface area contributed by atoms with E-state index in [0.29, 0.717) is 12.2 Å². The lowest BCUT2D eigenvalue weighted by Crippen LogP contribution is -2.12. The molecule has 0 aliphatic carbocycles. The van der Waals surface area contributed by atoms with E-state index in [0.717, 1.165) is 19.3 Å². The van der Waals surface area contributed by atoms with Gasteiger partial charge in [0.2, 0.25) is 0 Å². The number of hydrogen-bond donors (Lipinski definition) is 0. The highest BCUT2D eigenvalue weighted by atomic mass is 16.5. The normalized spacial score (nSPS) is 10.2. The molecule has 0 aliphatic rings. The van der Waals surface area contributed by atoms with Gasteiger partial charge in [0.15, 0.2) is 0 Å². The number of carbonyl (C=O) groups excluding carboxylic acids is 1. The third-order valence-electron chi connectivity index (χ3n) is 1.86. The van der Waals surface area contributed by atoms with Crippen LogP contribution in [0.25, 0.3) is 0 Å². The Labute approximate surface area is 81.0 Å². The van der Waals surface area contributed by atoms with Gasteiger partial charge in [0.05, 0.1) is 6.61 Å². The zero-order valence-electron chi connectivity index (χ0n) is 8.85. The number of ether oxygens (including phenoxy) is 1. The van der Waals surface area contributed by atoms with Gasteiger partial charge in [-0.2, -0.15) is 0 Å². The van der Waals surface area contributed by atoms with Crippen molar-refractivity contribution in [1.82, 2.24) is 0 Å². The molecule has 0 aliphatic heterocycles. The molecule has 0 amide bonds. The Morgan fingerprint density at radius 1 is 1.38 bits per heavy atom. The van der Waals surface area contributed by atoms with Gasteiger partial charge >= 0.3 is 5.97 Å². The van der Waals surface area contributed by atoms with Gasteiger partial charge in [-0.25, -0.2) is 4.79 Å². The van der Waals surface area contributed by atoms with Gasteiger partial charge in [-0.3, -0.25) is 0 Å². The van der Waals surface area contributed by atoms with Crippen molar-refractivity contribution in [3.8, 4) is 0 Å². The Morgan fingerprint density at radius 3 is 2.38 bits per heavy atom. The first-order valence-electron chi connectivity index (χ1n) is 4.78. The van der Waals surface area contributed by atoms with E-state index in [1.165, 1.54) is 5.92 Å². The largest absolute Gasteiger partial charge is 0.462 e. The van der Waals surface area contributed by atoms with Crippen LogP contribution < -0.4 is 0 Å². The highest BCUT2D eigenvalue weighted by molar-refractivity contribution is 5.86. The maximum absolute atomic E-state index is 11.0. The van der Waals surface area contributed by atoms with E-state index >= 15 is 0 Å². The van der Waals surface area contributed by atoms with E-state index in [1.54, 1.807) is 6.92 Å². The zero-order chi connectivity index (χ0) is 10.3. The Bertz CT molecular complexity index is 173. The zero-order valence-corrected chi connectivity index (χ0v) is 8.85. The van der Waals surface area contributed by atoms with Crippen molar-refractivity contribution in [2.75, 3.05) is 6.61 Å². The minimum atomic E-state index is -0.290. The molecule has 2 nitrogen and oxygen atoms in total. The highest BCUT2D eigenvalue weighted by Gasteiger charge is 2.09. The third-order valence-corrected chi connectivity index (χ3v) is 1.86. The number of esters is 1. The maximum Gasteiger partial charge on any atom is 0.333 e. The fourth-order valence-electron chi connectivity index (χ4n) is 0.995. The molecule has 0 atom stereocenters. The Morgan fingerprint density at radius 2 is 2.00 bits per heavy atom. The molecule has 0 aromatic heterocycles. The minimum Gasteiger partial charge on any atom is -0.462 e. The third kappa shape index (κ3) is 5.45. The second-order valence-electron chi connectivity index (χ2n) is 3.21. The predicted octanol–water partition coefficient (Wildman–Crippen LogP) is 2.89. The van der Waals surface area contributed by atoms with Crippen molar-refractivity contribution in [3.63, 3.8) is 0 Å². The molecule has 0 rings (SSSR count). The lowest BCUT2D eigenvalue weighted by atomic mass is 10.0. The Hall–Kier alpha value is -0.790. The standard InChI is InChI=1S/C11H19O2/c1-5-7-10(6-2)8-13-11(12)9(3)4/h3,5-8H2,1-2,4H3. The summed E-state index contributed by atoms with van der Waals surface area (Å²) in [4.78, 5) is 11.0. The summed E-state index contributed by atoms with van der Waals surface area (Å²) in [6.07, 6.45) is 3.13. The molecule has 0 aromatic carbocycles. The first kappa shape index (κ1) is 12.2. The van der Waals surface area contributed by atoms with Crippen molar-refractivity contribution in [3.05, 3.63) is 18.1 Å². The first-order chi connectivity index (χ1) is 6.11. The summed E-state index contributed by atoms with van der Waals surface area (Å²) < 4.78 is 5.03. The molecule has 75 valence electrons. The first-order valence-corrected chi connectivity index (χ1v) is 4.78. The molecule has 0 spiro atoms. The number of rotatable bonds is 6. The average Bonchev–Trinajstić information content (AvgIpc) is 2.11. The molecule has 1 radical (unpaired) electrons. The van der Waals surface area contributed by atoms with Crippen LogP contribution in [0, 0.1) is 5.92 Å². The maximum atomic E-state index is 11.0. The van der Waals surface area contributed by atoms with Crippen LogP contribution in [0.2, 0.25) is 0 Å². The molecule has 0 N–H and O–H groups in total. The van der Waals surface area contributed by atoms with Gasteiger partial charge in [-0.15, -0.1) is 0 Å². The molecule has 2 heteroatoms. The molecular formula is C11H19O2. The molecule has 0 saturated heterocycles. The molecule has 0 saturated carbocycles. The van der Waals surface area contributed by atoms with E-state index in [4.69, 9.17) is 4.74 Å². The van der Waals surface area contributed by atoms with Crippen LogP contribution in [0.5, 0.6) is 0 Å². The SMILES string of the molecule is C=C(C)C(=O)OC[C](CC)CCC. The molecule has 0 heterocycles. The summed E-state index contributed by atoms with van der Waals surface area (Å²) >= 11 is 0. The molecule has 0 unspecified atom stereocenters. The topological polar surface area (TPSA) is 26.3 Å². The van der Waals surface area contributed by atoms with E-state index in [2.05, 4.69) is 20.4 Å². The fraction of sp³-hybridized carbons (Fsp3) is 0.636. The number of carbonyl (C=O) groups is 1. The Balaban J connectivity index is 3.71. The van der Waals surface area contributed by atoms with E-state index < -0.39 is 0 Å². The van der Waals surface area contributed by atoms with Crippen LogP contribution in [-0.4, -0.2) is 12.6 Å². The highest BCUT2D eigenvalue weighted by Crippen LogP contribution is 2.13. The summed E-state index contributed by atoms with van der Waals surface area (Å²) in [6.45, 7) is 9.84. The minimum absolute atomic E-state index is 0.290. The van der Waals surface area contributed by atoms with Gasteiger partial charge in [-0.1, -0.05) is 26.8 Å². The van der Waals surface area contributed by atoms with Crippen molar-refractivity contribution >= 4 is 5.97 Å². The summed E-state index contributed by atoms with van der Waals surface area (Å²) in [5.41, 5.74) is 0.465. The lowest BCUT2D eigenvalue weighted by Gasteiger charge is -2.12. The summed E-state index contributed by atoms with van der Waals surface area (Å²) in [7, 11) is 0. The van der Waals surface area contributed by atoms with Gasteiger partial charge in [0.25, 0.3) is 0 Å². The molecule has 0 bridgehead atoms. The van der Waals surface area contributed by atoms with Crippen LogP contribution in [0.15, 0.2) is 12.2 Å². The molecule has 13 heavy (non-hydrogen) atoms. The van der Waals surface area contributed by atoms with Crippen molar-refractivity contribution in [2.24, 2.45) is 0 Å². The van der Waals surface area contributed by atoms with Crippen molar-refractivity contribution in [1.29, 1.82) is 0 Å². The Kier molecular flexibility index (Phi) is 6.29. The summed E-state index contributed by atoms with van der Waals surface area (Å²) in [5.74, 6) is 0.999. The van der Waals surface area contributed by atoms with Crippen LogP contribution >= 0.6 is 0 Å². The van der Waals surface area contributed by atoms with Gasteiger partial charge in [0, 0.05) is 11.5 Å². The molecular weight excluding hydrogens is 164 g/mol. The van der Waals surface area contributed by atoms with E-state index in [1.807, 2.05) is 0 Å². The van der Waals surface area contributed by atoms with E-state index in [9.17, 15) is 4.79 Å². The van der Waals surface area contributed by atoms with Gasteiger partial charge in [-0.05, 0) is 19.8 Å². The summed E-state index contributed by atoms with van der Waals surface area (Å²) in [6, 6.07) is 0. The smallest absolute Gasteiger partial charge is 0.333 e. The van der Waals surface area contributed by atoms with Crippen LogP contribution in [0.4, 0.5) is 0 Å². The van der Waals surface area contributed by atoms with Crippen LogP contribution in [-0.2, 0) is 9.53 Å². The van der Waals surface area contributed by atoms with Crippen molar-refractivity contribution < 1.29 is 9.53 Å². The predicted molar refractivity (Wildman–Crippen MR) is 54.2 cm³/mol.